The first-order valence-electron chi connectivity index (χ1n) is 5.86. The van der Waals surface area contributed by atoms with Crippen LogP contribution in [-0.4, -0.2) is 19.9 Å². The molecule has 0 aliphatic heterocycles. The lowest BCUT2D eigenvalue weighted by Crippen LogP contribution is -2.14. The van der Waals surface area contributed by atoms with Crippen molar-refractivity contribution in [1.29, 1.82) is 0 Å². The van der Waals surface area contributed by atoms with Crippen molar-refractivity contribution in [2.75, 3.05) is 0 Å². The maximum Gasteiger partial charge on any atom is 0.272 e. The molecule has 1 heterocycles. The second kappa shape index (κ2) is 5.57. The molecule has 100 valence electrons. The van der Waals surface area contributed by atoms with Gasteiger partial charge in [0.15, 0.2) is 0 Å². The molecule has 0 spiro atoms. The summed E-state index contributed by atoms with van der Waals surface area (Å²) in [6, 6.07) is 5.10. The molecule has 0 saturated heterocycles. The van der Waals surface area contributed by atoms with Crippen LogP contribution < -0.4 is 5.32 Å². The Morgan fingerprint density at radius 3 is 2.84 bits per heavy atom. The van der Waals surface area contributed by atoms with E-state index in [0.29, 0.717) is 18.7 Å². The SMILES string of the molecule is Cc1c(CNCc2cn(C)nn2)cccc1[N+](=O)[O-]. The molecule has 19 heavy (non-hydrogen) atoms. The van der Waals surface area contributed by atoms with E-state index in [2.05, 4.69) is 15.6 Å². The van der Waals surface area contributed by atoms with E-state index in [1.807, 2.05) is 12.3 Å². The van der Waals surface area contributed by atoms with Gasteiger partial charge < -0.3 is 5.32 Å². The van der Waals surface area contributed by atoms with Crippen molar-refractivity contribution >= 4 is 5.69 Å². The molecule has 7 nitrogen and oxygen atoms in total. The third-order valence-electron chi connectivity index (χ3n) is 2.89. The van der Waals surface area contributed by atoms with E-state index >= 15 is 0 Å². The Morgan fingerprint density at radius 1 is 1.42 bits per heavy atom. The summed E-state index contributed by atoms with van der Waals surface area (Å²) in [6.07, 6.45) is 1.83. The van der Waals surface area contributed by atoms with Gasteiger partial charge in [-0.3, -0.25) is 14.8 Å². The number of rotatable bonds is 5. The molecule has 0 amide bonds. The van der Waals surface area contributed by atoms with E-state index in [1.54, 1.807) is 24.7 Å². The number of hydrogen-bond donors (Lipinski definition) is 1. The smallest absolute Gasteiger partial charge is 0.272 e. The van der Waals surface area contributed by atoms with Crippen molar-refractivity contribution in [3.63, 3.8) is 0 Å². The lowest BCUT2D eigenvalue weighted by atomic mass is 10.1. The summed E-state index contributed by atoms with van der Waals surface area (Å²) in [5.41, 5.74) is 2.60. The molecule has 0 aliphatic carbocycles. The van der Waals surface area contributed by atoms with Gasteiger partial charge in [0.25, 0.3) is 5.69 Å². The van der Waals surface area contributed by atoms with E-state index in [0.717, 1.165) is 11.3 Å². The Bertz CT molecular complexity index is 594. The topological polar surface area (TPSA) is 85.9 Å². The first-order chi connectivity index (χ1) is 9.08. The zero-order valence-electron chi connectivity index (χ0n) is 10.8. The summed E-state index contributed by atoms with van der Waals surface area (Å²) < 4.78 is 1.63. The predicted molar refractivity (Wildman–Crippen MR) is 69.4 cm³/mol. The molecule has 7 heteroatoms. The monoisotopic (exact) mass is 261 g/mol. The van der Waals surface area contributed by atoms with Crippen molar-refractivity contribution < 1.29 is 4.92 Å². The zero-order valence-corrected chi connectivity index (χ0v) is 10.8. The summed E-state index contributed by atoms with van der Waals surface area (Å²) in [6.45, 7) is 2.90. The predicted octanol–water partition coefficient (Wildman–Crippen LogP) is 1.32. The van der Waals surface area contributed by atoms with Gasteiger partial charge in [-0.1, -0.05) is 17.3 Å². The maximum absolute atomic E-state index is 10.8. The number of nitrogens with zero attached hydrogens (tertiary/aromatic N) is 4. The molecule has 0 atom stereocenters. The van der Waals surface area contributed by atoms with Crippen LogP contribution in [0.25, 0.3) is 0 Å². The van der Waals surface area contributed by atoms with Gasteiger partial charge in [-0.05, 0) is 12.5 Å². The molecule has 0 unspecified atom stereocenters. The van der Waals surface area contributed by atoms with Gasteiger partial charge in [-0.2, -0.15) is 0 Å². The number of hydrogen-bond acceptors (Lipinski definition) is 5. The number of nitro benzene ring substituents is 1. The zero-order chi connectivity index (χ0) is 13.8. The van der Waals surface area contributed by atoms with Gasteiger partial charge in [0.05, 0.1) is 10.6 Å². The van der Waals surface area contributed by atoms with Crippen LogP contribution in [-0.2, 0) is 20.1 Å². The van der Waals surface area contributed by atoms with Crippen LogP contribution in [0.15, 0.2) is 24.4 Å². The fraction of sp³-hybridized carbons (Fsp3) is 0.333. The molecule has 2 rings (SSSR count). The van der Waals surface area contributed by atoms with E-state index in [9.17, 15) is 10.1 Å². The maximum atomic E-state index is 10.8. The van der Waals surface area contributed by atoms with Gasteiger partial charge in [-0.15, -0.1) is 5.10 Å². The number of aryl methyl sites for hydroxylation is 1. The van der Waals surface area contributed by atoms with Crippen LogP contribution in [0.2, 0.25) is 0 Å². The lowest BCUT2D eigenvalue weighted by molar-refractivity contribution is -0.385. The number of aromatic nitrogens is 3. The summed E-state index contributed by atoms with van der Waals surface area (Å²) in [5, 5.41) is 21.8. The highest BCUT2D eigenvalue weighted by atomic mass is 16.6. The highest BCUT2D eigenvalue weighted by Crippen LogP contribution is 2.20. The first kappa shape index (κ1) is 13.2. The van der Waals surface area contributed by atoms with Crippen LogP contribution in [0.5, 0.6) is 0 Å². The van der Waals surface area contributed by atoms with E-state index in [1.165, 1.54) is 6.07 Å². The number of nitro groups is 1. The summed E-state index contributed by atoms with van der Waals surface area (Å²) in [5.74, 6) is 0. The van der Waals surface area contributed by atoms with Gasteiger partial charge in [0.1, 0.15) is 0 Å². The summed E-state index contributed by atoms with van der Waals surface area (Å²) in [7, 11) is 1.81. The van der Waals surface area contributed by atoms with Crippen LogP contribution >= 0.6 is 0 Å². The summed E-state index contributed by atoms with van der Waals surface area (Å²) >= 11 is 0. The minimum atomic E-state index is -0.360. The molecular formula is C12H15N5O2. The Kier molecular flexibility index (Phi) is 3.86. The number of benzene rings is 1. The standard InChI is InChI=1S/C12H15N5O2/c1-9-10(4-3-5-12(9)17(18)19)6-13-7-11-8-16(2)15-14-11/h3-5,8,13H,6-7H2,1-2H3. The average molecular weight is 261 g/mol. The summed E-state index contributed by atoms with van der Waals surface area (Å²) in [4.78, 5) is 10.5. The largest absolute Gasteiger partial charge is 0.307 e. The fourth-order valence-electron chi connectivity index (χ4n) is 1.86. The van der Waals surface area contributed by atoms with Gasteiger partial charge >= 0.3 is 0 Å². The molecule has 1 aromatic heterocycles. The molecule has 0 saturated carbocycles. The van der Waals surface area contributed by atoms with Crippen molar-refractivity contribution in [3.05, 3.63) is 51.3 Å². The lowest BCUT2D eigenvalue weighted by Gasteiger charge is -2.06. The second-order valence-corrected chi connectivity index (χ2v) is 4.31. The quantitative estimate of drug-likeness (QED) is 0.648. The van der Waals surface area contributed by atoms with E-state index in [4.69, 9.17) is 0 Å². The molecular weight excluding hydrogens is 246 g/mol. The van der Waals surface area contributed by atoms with Crippen molar-refractivity contribution in [1.82, 2.24) is 20.3 Å². The second-order valence-electron chi connectivity index (χ2n) is 4.31. The highest BCUT2D eigenvalue weighted by Gasteiger charge is 2.12. The van der Waals surface area contributed by atoms with Gasteiger partial charge in [0.2, 0.25) is 0 Å². The van der Waals surface area contributed by atoms with Crippen LogP contribution in [0, 0.1) is 17.0 Å². The molecule has 0 fully saturated rings. The molecule has 1 aromatic carbocycles. The average Bonchev–Trinajstić information content (AvgIpc) is 2.77. The Hall–Kier alpha value is -2.28. The third-order valence-corrected chi connectivity index (χ3v) is 2.89. The van der Waals surface area contributed by atoms with Gasteiger partial charge in [0, 0.05) is 38.0 Å². The molecule has 0 bridgehead atoms. The normalized spacial score (nSPS) is 10.6. The van der Waals surface area contributed by atoms with Crippen molar-refractivity contribution in [2.45, 2.75) is 20.0 Å². The van der Waals surface area contributed by atoms with E-state index < -0.39 is 0 Å². The van der Waals surface area contributed by atoms with Crippen molar-refractivity contribution in [2.24, 2.45) is 7.05 Å². The third kappa shape index (κ3) is 3.14. The molecule has 0 radical (unpaired) electrons. The Morgan fingerprint density at radius 2 is 2.21 bits per heavy atom. The highest BCUT2D eigenvalue weighted by molar-refractivity contribution is 5.44. The minimum Gasteiger partial charge on any atom is -0.307 e. The Labute approximate surface area is 110 Å². The number of nitrogens with one attached hydrogen (secondary N) is 1. The molecule has 0 aliphatic rings. The van der Waals surface area contributed by atoms with Crippen LogP contribution in [0.3, 0.4) is 0 Å². The van der Waals surface area contributed by atoms with Crippen LogP contribution in [0.1, 0.15) is 16.8 Å². The Balaban J connectivity index is 2.00. The molecule has 1 N–H and O–H groups in total. The van der Waals surface area contributed by atoms with Crippen LogP contribution in [0.4, 0.5) is 5.69 Å². The van der Waals surface area contributed by atoms with Crippen molar-refractivity contribution in [3.8, 4) is 0 Å². The fourth-order valence-corrected chi connectivity index (χ4v) is 1.86. The van der Waals surface area contributed by atoms with E-state index in [-0.39, 0.29) is 10.6 Å². The first-order valence-corrected chi connectivity index (χ1v) is 5.86. The minimum absolute atomic E-state index is 0.152. The van der Waals surface area contributed by atoms with Gasteiger partial charge in [-0.25, -0.2) is 0 Å². The molecule has 2 aromatic rings.